The van der Waals surface area contributed by atoms with Crippen molar-refractivity contribution in [2.24, 2.45) is 0 Å². The van der Waals surface area contributed by atoms with Crippen molar-refractivity contribution in [3.05, 3.63) is 29.8 Å². The van der Waals surface area contributed by atoms with Gasteiger partial charge in [0.25, 0.3) is 0 Å². The molecule has 20 heavy (non-hydrogen) atoms. The van der Waals surface area contributed by atoms with Crippen LogP contribution in [0.3, 0.4) is 0 Å². The molecule has 0 N–H and O–H groups in total. The van der Waals surface area contributed by atoms with Gasteiger partial charge in [-0.1, -0.05) is 20.3 Å². The highest BCUT2D eigenvalue weighted by Crippen LogP contribution is 2.24. The van der Waals surface area contributed by atoms with Crippen LogP contribution in [-0.4, -0.2) is 25.7 Å². The predicted octanol–water partition coefficient (Wildman–Crippen LogP) is 4.27. The highest BCUT2D eigenvalue weighted by atomic mass is 16.6. The number of unbranched alkanes of at least 4 members (excludes halogenated alkanes) is 1. The third-order valence-electron chi connectivity index (χ3n) is 3.77. The molecule has 1 aromatic rings. The van der Waals surface area contributed by atoms with Gasteiger partial charge in [-0.2, -0.15) is 0 Å². The molecule has 1 unspecified atom stereocenters. The Hall–Kier alpha value is -1.51. The maximum atomic E-state index is 12.2. The average Bonchev–Trinajstić information content (AvgIpc) is 2.45. The zero-order valence-electron chi connectivity index (χ0n) is 13.4. The van der Waals surface area contributed by atoms with E-state index in [0.717, 1.165) is 31.4 Å². The van der Waals surface area contributed by atoms with Crippen LogP contribution < -0.4 is 4.90 Å². The van der Waals surface area contributed by atoms with Crippen molar-refractivity contribution in [1.29, 1.82) is 0 Å². The summed E-state index contributed by atoms with van der Waals surface area (Å²) in [5.41, 5.74) is 1.34. The molecule has 1 rings (SSSR count). The van der Waals surface area contributed by atoms with E-state index in [1.807, 2.05) is 50.2 Å². The molecule has 112 valence electrons. The lowest BCUT2D eigenvalue weighted by Crippen LogP contribution is -2.31. The maximum Gasteiger partial charge on any atom is 0.338 e. The van der Waals surface area contributed by atoms with Crippen LogP contribution in [0.1, 0.15) is 56.8 Å². The molecule has 0 aliphatic rings. The first-order valence-corrected chi connectivity index (χ1v) is 7.42. The first kappa shape index (κ1) is 16.5. The van der Waals surface area contributed by atoms with Crippen molar-refractivity contribution >= 4 is 11.7 Å². The quantitative estimate of drug-likeness (QED) is 0.697. The molecular weight excluding hydrogens is 250 g/mol. The van der Waals surface area contributed by atoms with Gasteiger partial charge in [0, 0.05) is 19.8 Å². The summed E-state index contributed by atoms with van der Waals surface area (Å²) < 4.78 is 5.72. The summed E-state index contributed by atoms with van der Waals surface area (Å²) >= 11 is 0. The van der Waals surface area contributed by atoms with Crippen LogP contribution in [0.2, 0.25) is 0 Å². The van der Waals surface area contributed by atoms with Crippen molar-refractivity contribution < 1.29 is 9.53 Å². The normalized spacial score (nSPS) is 13.7. The monoisotopic (exact) mass is 277 g/mol. The van der Waals surface area contributed by atoms with E-state index in [1.54, 1.807) is 0 Å². The zero-order valence-corrected chi connectivity index (χ0v) is 13.4. The van der Waals surface area contributed by atoms with Gasteiger partial charge in [0.1, 0.15) is 5.60 Å². The molecule has 0 saturated carbocycles. The molecule has 0 saturated heterocycles. The van der Waals surface area contributed by atoms with Gasteiger partial charge >= 0.3 is 5.97 Å². The number of benzene rings is 1. The largest absolute Gasteiger partial charge is 0.456 e. The van der Waals surface area contributed by atoms with Crippen LogP contribution in [0.15, 0.2) is 24.3 Å². The van der Waals surface area contributed by atoms with Gasteiger partial charge in [0.05, 0.1) is 5.56 Å². The molecule has 0 amide bonds. The van der Waals surface area contributed by atoms with Crippen molar-refractivity contribution in [3.8, 4) is 0 Å². The number of anilines is 1. The van der Waals surface area contributed by atoms with Crippen LogP contribution in [0, 0.1) is 0 Å². The summed E-state index contributed by atoms with van der Waals surface area (Å²) in [4.78, 5) is 14.2. The number of esters is 1. The second-order valence-corrected chi connectivity index (χ2v) is 5.74. The fraction of sp³-hybridized carbons (Fsp3) is 0.588. The summed E-state index contributed by atoms with van der Waals surface area (Å²) in [6.07, 6.45) is 3.96. The third-order valence-corrected chi connectivity index (χ3v) is 3.77. The molecule has 0 aromatic heterocycles. The van der Waals surface area contributed by atoms with Gasteiger partial charge < -0.3 is 9.64 Å². The minimum Gasteiger partial charge on any atom is -0.456 e. The molecule has 0 fully saturated rings. The molecule has 0 radical (unpaired) electrons. The van der Waals surface area contributed by atoms with E-state index in [2.05, 4.69) is 13.8 Å². The van der Waals surface area contributed by atoms with E-state index in [1.165, 1.54) is 0 Å². The van der Waals surface area contributed by atoms with Gasteiger partial charge in [-0.05, 0) is 50.5 Å². The summed E-state index contributed by atoms with van der Waals surface area (Å²) in [7, 11) is 3.96. The molecule has 3 heteroatoms. The Morgan fingerprint density at radius 2 is 1.80 bits per heavy atom. The lowest BCUT2D eigenvalue weighted by molar-refractivity contribution is -0.0162. The van der Waals surface area contributed by atoms with Crippen LogP contribution in [0.25, 0.3) is 0 Å². The summed E-state index contributed by atoms with van der Waals surface area (Å²) in [5, 5.41) is 0. The van der Waals surface area contributed by atoms with Crippen molar-refractivity contribution in [2.75, 3.05) is 19.0 Å². The van der Waals surface area contributed by atoms with E-state index >= 15 is 0 Å². The maximum absolute atomic E-state index is 12.2. The Morgan fingerprint density at radius 3 is 2.25 bits per heavy atom. The fourth-order valence-electron chi connectivity index (χ4n) is 2.03. The topological polar surface area (TPSA) is 29.5 Å². The molecule has 0 spiro atoms. The summed E-state index contributed by atoms with van der Waals surface area (Å²) in [6, 6.07) is 7.53. The average molecular weight is 277 g/mol. The SMILES string of the molecule is CCCCC(C)(CC)OC(=O)c1ccc(N(C)C)cc1. The minimum absolute atomic E-state index is 0.226. The van der Waals surface area contributed by atoms with E-state index in [-0.39, 0.29) is 11.6 Å². The van der Waals surface area contributed by atoms with E-state index in [4.69, 9.17) is 4.74 Å². The molecule has 0 heterocycles. The van der Waals surface area contributed by atoms with Gasteiger partial charge in [-0.25, -0.2) is 4.79 Å². The van der Waals surface area contributed by atoms with Gasteiger partial charge in [0.2, 0.25) is 0 Å². The lowest BCUT2D eigenvalue weighted by Gasteiger charge is -2.28. The Balaban J connectivity index is 2.74. The second-order valence-electron chi connectivity index (χ2n) is 5.74. The van der Waals surface area contributed by atoms with Crippen LogP contribution in [-0.2, 0) is 4.74 Å². The van der Waals surface area contributed by atoms with Gasteiger partial charge in [-0.3, -0.25) is 0 Å². The molecular formula is C17H27NO2. The van der Waals surface area contributed by atoms with E-state index < -0.39 is 0 Å². The van der Waals surface area contributed by atoms with Gasteiger partial charge in [0.15, 0.2) is 0 Å². The van der Waals surface area contributed by atoms with E-state index in [9.17, 15) is 4.79 Å². The summed E-state index contributed by atoms with van der Waals surface area (Å²) in [6.45, 7) is 6.24. The predicted molar refractivity (Wildman–Crippen MR) is 84.4 cm³/mol. The number of ether oxygens (including phenoxy) is 1. The van der Waals surface area contributed by atoms with Crippen molar-refractivity contribution in [2.45, 2.75) is 52.1 Å². The second kappa shape index (κ2) is 7.32. The van der Waals surface area contributed by atoms with Crippen molar-refractivity contribution in [3.63, 3.8) is 0 Å². The minimum atomic E-state index is -0.354. The molecule has 0 aliphatic heterocycles. The Labute approximate surface area is 122 Å². The Bertz CT molecular complexity index is 425. The van der Waals surface area contributed by atoms with Crippen molar-refractivity contribution in [1.82, 2.24) is 0 Å². The van der Waals surface area contributed by atoms with Crippen LogP contribution >= 0.6 is 0 Å². The number of carbonyl (C=O) groups is 1. The first-order valence-electron chi connectivity index (χ1n) is 7.42. The van der Waals surface area contributed by atoms with Crippen LogP contribution in [0.5, 0.6) is 0 Å². The number of carbonyl (C=O) groups excluding carboxylic acids is 1. The third kappa shape index (κ3) is 4.55. The Kier molecular flexibility index (Phi) is 6.05. The number of hydrogen-bond acceptors (Lipinski definition) is 3. The highest BCUT2D eigenvalue weighted by molar-refractivity contribution is 5.90. The highest BCUT2D eigenvalue weighted by Gasteiger charge is 2.26. The zero-order chi connectivity index (χ0) is 15.2. The lowest BCUT2D eigenvalue weighted by atomic mass is 9.96. The number of hydrogen-bond donors (Lipinski definition) is 0. The number of nitrogens with zero attached hydrogens (tertiary/aromatic N) is 1. The first-order chi connectivity index (χ1) is 9.41. The molecule has 1 atom stereocenters. The number of rotatable bonds is 7. The fourth-order valence-corrected chi connectivity index (χ4v) is 2.03. The molecule has 3 nitrogen and oxygen atoms in total. The summed E-state index contributed by atoms with van der Waals surface area (Å²) in [5.74, 6) is -0.226. The Morgan fingerprint density at radius 1 is 1.20 bits per heavy atom. The standard InChI is InChI=1S/C17H27NO2/c1-6-8-13-17(3,7-2)20-16(19)14-9-11-15(12-10-14)18(4)5/h9-12H,6-8,13H2,1-5H3. The smallest absolute Gasteiger partial charge is 0.338 e. The molecule has 0 bridgehead atoms. The van der Waals surface area contributed by atoms with E-state index in [0.29, 0.717) is 5.56 Å². The van der Waals surface area contributed by atoms with Gasteiger partial charge in [-0.15, -0.1) is 0 Å². The molecule has 0 aliphatic carbocycles. The van der Waals surface area contributed by atoms with Crippen LogP contribution in [0.4, 0.5) is 5.69 Å². The molecule has 1 aromatic carbocycles.